The van der Waals surface area contributed by atoms with Gasteiger partial charge in [0.15, 0.2) is 0 Å². The second kappa shape index (κ2) is 8.73. The molecule has 11 heteroatoms. The Morgan fingerprint density at radius 2 is 1.94 bits per heavy atom. The number of H-pyrrole nitrogens is 1. The zero-order valence-corrected chi connectivity index (χ0v) is 19.6. The summed E-state index contributed by atoms with van der Waals surface area (Å²) >= 11 is 0. The topological polar surface area (TPSA) is 127 Å². The summed E-state index contributed by atoms with van der Waals surface area (Å²) in [7, 11) is -2.46. The Morgan fingerprint density at radius 1 is 1.25 bits per heavy atom. The summed E-state index contributed by atoms with van der Waals surface area (Å²) in [6.07, 6.45) is 3.38. The molecule has 0 saturated heterocycles. The van der Waals surface area contributed by atoms with E-state index in [9.17, 15) is 22.8 Å². The van der Waals surface area contributed by atoms with Crippen molar-refractivity contribution in [2.45, 2.75) is 46.0 Å². The van der Waals surface area contributed by atoms with Crippen LogP contribution in [0.2, 0.25) is 0 Å². The van der Waals surface area contributed by atoms with Crippen molar-refractivity contribution in [3.8, 4) is 11.3 Å². The number of sulfonamides is 1. The monoisotopic (exact) mass is 461 g/mol. The van der Waals surface area contributed by atoms with Gasteiger partial charge in [0, 0.05) is 25.2 Å². The molecule has 0 spiro atoms. The second-order valence-corrected chi connectivity index (χ2v) is 9.84. The highest BCUT2D eigenvalue weighted by Crippen LogP contribution is 2.31. The van der Waals surface area contributed by atoms with E-state index in [4.69, 9.17) is 0 Å². The highest BCUT2D eigenvalue weighted by Gasteiger charge is 2.29. The number of aryl methyl sites for hydroxylation is 1. The fourth-order valence-electron chi connectivity index (χ4n) is 3.64. The van der Waals surface area contributed by atoms with Crippen molar-refractivity contribution in [3.63, 3.8) is 0 Å². The number of fused-ring (bicyclic) bond motifs is 1. The van der Waals surface area contributed by atoms with Crippen LogP contribution in [0.5, 0.6) is 0 Å². The number of nitrogens with zero attached hydrogens (tertiary/aromatic N) is 4. The van der Waals surface area contributed by atoms with Gasteiger partial charge in [-0.2, -0.15) is 5.10 Å². The first kappa shape index (κ1) is 23.5. The Morgan fingerprint density at radius 3 is 2.47 bits per heavy atom. The van der Waals surface area contributed by atoms with E-state index in [1.54, 1.807) is 36.1 Å². The predicted octanol–water partition coefficient (Wildman–Crippen LogP) is 1.83. The average molecular weight is 462 g/mol. The van der Waals surface area contributed by atoms with Crippen LogP contribution in [0, 0.1) is 0 Å². The standard InChI is InChI=1S/C21H27N5O5S/c1-6-7-8-19(27)26(32(5,30)31)25-20(28)16-11-15(18-9-10-22-24(18)4)14(13(2)3)12-17(16)23-21(25)29/h9-13H,6-8H2,1-5H3,(H,23,29). The third-order valence-electron chi connectivity index (χ3n) is 5.22. The summed E-state index contributed by atoms with van der Waals surface area (Å²) in [6, 6.07) is 5.11. The summed E-state index contributed by atoms with van der Waals surface area (Å²) in [4.78, 5) is 41.4. The molecule has 172 valence electrons. The number of hydrogen-bond donors (Lipinski definition) is 1. The number of amides is 1. The van der Waals surface area contributed by atoms with E-state index in [1.807, 2.05) is 20.8 Å². The van der Waals surface area contributed by atoms with Crippen LogP contribution in [0.3, 0.4) is 0 Å². The van der Waals surface area contributed by atoms with Crippen LogP contribution in [0.25, 0.3) is 22.2 Å². The number of hydrogen-bond acceptors (Lipinski definition) is 6. The molecule has 1 N–H and O–H groups in total. The van der Waals surface area contributed by atoms with Gasteiger partial charge in [-0.3, -0.25) is 14.3 Å². The molecule has 32 heavy (non-hydrogen) atoms. The molecule has 10 nitrogen and oxygen atoms in total. The molecule has 0 saturated carbocycles. The molecule has 1 amide bonds. The summed E-state index contributed by atoms with van der Waals surface area (Å²) in [6.45, 7) is 5.82. The summed E-state index contributed by atoms with van der Waals surface area (Å²) in [5, 5.41) is 4.27. The Labute approximate surface area is 185 Å². The molecule has 0 bridgehead atoms. The van der Waals surface area contributed by atoms with Crippen molar-refractivity contribution >= 4 is 26.8 Å². The van der Waals surface area contributed by atoms with Crippen molar-refractivity contribution in [2.24, 2.45) is 7.05 Å². The molecule has 3 aromatic rings. The van der Waals surface area contributed by atoms with Gasteiger partial charge in [-0.1, -0.05) is 27.2 Å². The van der Waals surface area contributed by atoms with Gasteiger partial charge in [0.25, 0.3) is 21.5 Å². The lowest BCUT2D eigenvalue weighted by Crippen LogP contribution is -2.55. The molecular formula is C21H27N5O5S. The zero-order valence-electron chi connectivity index (χ0n) is 18.7. The second-order valence-electron chi connectivity index (χ2n) is 8.03. The lowest BCUT2D eigenvalue weighted by Gasteiger charge is -2.21. The molecule has 0 atom stereocenters. The maximum Gasteiger partial charge on any atom is 0.349 e. The molecule has 0 radical (unpaired) electrons. The van der Waals surface area contributed by atoms with Crippen LogP contribution >= 0.6 is 0 Å². The van der Waals surface area contributed by atoms with E-state index < -0.39 is 27.2 Å². The largest absolute Gasteiger partial charge is 0.349 e. The summed E-state index contributed by atoms with van der Waals surface area (Å²) in [5.74, 6) is -0.773. The van der Waals surface area contributed by atoms with Gasteiger partial charge in [-0.25, -0.2) is 13.2 Å². The van der Waals surface area contributed by atoms with Gasteiger partial charge in [0.05, 0.1) is 22.9 Å². The molecule has 0 unspecified atom stereocenters. The van der Waals surface area contributed by atoms with E-state index in [1.165, 1.54) is 0 Å². The normalized spacial score (nSPS) is 11.9. The first-order valence-electron chi connectivity index (χ1n) is 10.3. The van der Waals surface area contributed by atoms with Crippen LogP contribution in [0.15, 0.2) is 34.0 Å². The van der Waals surface area contributed by atoms with Crippen LogP contribution in [0.1, 0.15) is 51.5 Å². The van der Waals surface area contributed by atoms with E-state index in [2.05, 4.69) is 10.1 Å². The summed E-state index contributed by atoms with van der Waals surface area (Å²) in [5.41, 5.74) is 0.741. The Bertz CT molecular complexity index is 1400. The number of benzene rings is 1. The number of carbonyl (C=O) groups excluding carboxylic acids is 1. The van der Waals surface area contributed by atoms with Crippen molar-refractivity contribution < 1.29 is 13.2 Å². The van der Waals surface area contributed by atoms with Crippen molar-refractivity contribution in [2.75, 3.05) is 10.7 Å². The third-order valence-corrected chi connectivity index (χ3v) is 6.21. The Balaban J connectivity index is 2.36. The quantitative estimate of drug-likeness (QED) is 0.572. The molecule has 1 aromatic carbocycles. The van der Waals surface area contributed by atoms with Gasteiger partial charge in [0.2, 0.25) is 0 Å². The molecular weight excluding hydrogens is 434 g/mol. The summed E-state index contributed by atoms with van der Waals surface area (Å²) < 4.78 is 27.1. The van der Waals surface area contributed by atoms with Crippen LogP contribution in [-0.4, -0.2) is 40.0 Å². The number of aromatic amines is 1. The average Bonchev–Trinajstić information content (AvgIpc) is 3.13. The van der Waals surface area contributed by atoms with E-state index >= 15 is 0 Å². The minimum absolute atomic E-state index is 0.0679. The lowest BCUT2D eigenvalue weighted by molar-refractivity contribution is -0.118. The number of carbonyl (C=O) groups is 1. The molecule has 0 aliphatic rings. The molecule has 3 rings (SSSR count). The molecule has 0 aliphatic heterocycles. The molecule has 0 fully saturated rings. The molecule has 2 heterocycles. The minimum Gasteiger partial charge on any atom is -0.305 e. The highest BCUT2D eigenvalue weighted by molar-refractivity contribution is 7.92. The number of nitrogens with one attached hydrogen (secondary N) is 1. The number of rotatable bonds is 7. The zero-order chi connectivity index (χ0) is 23.8. The maximum absolute atomic E-state index is 13.4. The first-order valence-corrected chi connectivity index (χ1v) is 12.2. The predicted molar refractivity (Wildman–Crippen MR) is 123 cm³/mol. The highest BCUT2D eigenvalue weighted by atomic mass is 32.2. The first-order chi connectivity index (χ1) is 15.0. The van der Waals surface area contributed by atoms with Gasteiger partial charge in [-0.05, 0) is 36.1 Å². The van der Waals surface area contributed by atoms with E-state index in [0.717, 1.165) is 23.1 Å². The van der Waals surface area contributed by atoms with Crippen molar-refractivity contribution in [1.82, 2.24) is 19.4 Å². The maximum atomic E-state index is 13.4. The van der Waals surface area contributed by atoms with Crippen LogP contribution in [-0.2, 0) is 21.9 Å². The fraction of sp³-hybridized carbons (Fsp3) is 0.429. The fourth-order valence-corrected chi connectivity index (χ4v) is 4.55. The Kier molecular flexibility index (Phi) is 6.40. The molecule has 0 aliphatic carbocycles. The van der Waals surface area contributed by atoms with Crippen molar-refractivity contribution in [3.05, 3.63) is 50.8 Å². The third kappa shape index (κ3) is 4.24. The number of unbranched alkanes of at least 4 members (excludes halogenated alkanes) is 1. The Hall–Kier alpha value is -3.21. The minimum atomic E-state index is -4.23. The van der Waals surface area contributed by atoms with Crippen LogP contribution < -0.4 is 15.7 Å². The van der Waals surface area contributed by atoms with Gasteiger partial charge < -0.3 is 4.98 Å². The molecule has 2 aromatic heterocycles. The van der Waals surface area contributed by atoms with E-state index in [-0.39, 0.29) is 27.7 Å². The smallest absolute Gasteiger partial charge is 0.305 e. The number of aromatic nitrogens is 4. The van der Waals surface area contributed by atoms with Gasteiger partial charge in [0.1, 0.15) is 0 Å². The van der Waals surface area contributed by atoms with Gasteiger partial charge in [-0.15, -0.1) is 9.09 Å². The van der Waals surface area contributed by atoms with Gasteiger partial charge >= 0.3 is 5.69 Å². The SMILES string of the molecule is CCCCC(=O)N(n1c(=O)[nH]c2cc(C(C)C)c(-c3ccnn3C)cc2c1=O)S(C)(=O)=O. The lowest BCUT2D eigenvalue weighted by atomic mass is 9.93. The van der Waals surface area contributed by atoms with E-state index in [0.29, 0.717) is 17.5 Å². The van der Waals surface area contributed by atoms with Crippen LogP contribution in [0.4, 0.5) is 0 Å². The van der Waals surface area contributed by atoms with Crippen molar-refractivity contribution in [1.29, 1.82) is 0 Å².